The van der Waals surface area contributed by atoms with Crippen molar-refractivity contribution < 1.29 is 32.8 Å². The summed E-state index contributed by atoms with van der Waals surface area (Å²) in [5.41, 5.74) is 0. The number of carbonyl (C=O) groups is 1. The molecular formula is C10H21O7P. The molecule has 108 valence electrons. The lowest BCUT2D eigenvalue weighted by molar-refractivity contribution is -0.152. The van der Waals surface area contributed by atoms with Crippen molar-refractivity contribution in [3.8, 4) is 0 Å². The molecule has 0 amide bonds. The first-order valence-corrected chi connectivity index (χ1v) is 7.01. The van der Waals surface area contributed by atoms with Crippen LogP contribution in [0.4, 0.5) is 0 Å². The first-order valence-electron chi connectivity index (χ1n) is 5.55. The standard InChI is InChI=1S/C10H21O7P/c1-8(2)5-6-16-9(10(11)12)7-17-18(13,14-3)15-4/h8-9H,5-7H2,1-4H3,(H,11,12)/t9-/m1/s1. The highest BCUT2D eigenvalue weighted by Gasteiger charge is 2.28. The molecule has 0 unspecified atom stereocenters. The van der Waals surface area contributed by atoms with Crippen molar-refractivity contribution in [3.63, 3.8) is 0 Å². The fraction of sp³-hybridized carbons (Fsp3) is 0.900. The molecule has 0 aromatic rings. The molecule has 0 bridgehead atoms. The molecular weight excluding hydrogens is 263 g/mol. The van der Waals surface area contributed by atoms with Crippen LogP contribution in [0, 0.1) is 5.92 Å². The van der Waals surface area contributed by atoms with Crippen LogP contribution in [0.25, 0.3) is 0 Å². The summed E-state index contributed by atoms with van der Waals surface area (Å²) < 4.78 is 30.5. The predicted octanol–water partition coefficient (Wildman–Crippen LogP) is 1.92. The van der Waals surface area contributed by atoms with Crippen LogP contribution in [0.5, 0.6) is 0 Å². The molecule has 0 aromatic heterocycles. The minimum atomic E-state index is -3.67. The van der Waals surface area contributed by atoms with E-state index >= 15 is 0 Å². The van der Waals surface area contributed by atoms with E-state index in [2.05, 4.69) is 9.05 Å². The van der Waals surface area contributed by atoms with Crippen LogP contribution >= 0.6 is 7.82 Å². The average Bonchev–Trinajstić information content (AvgIpc) is 2.32. The third-order valence-electron chi connectivity index (χ3n) is 2.12. The van der Waals surface area contributed by atoms with E-state index < -0.39 is 26.5 Å². The molecule has 0 heterocycles. The quantitative estimate of drug-likeness (QED) is 0.613. The van der Waals surface area contributed by atoms with Crippen molar-refractivity contribution >= 4 is 13.8 Å². The molecule has 0 saturated carbocycles. The van der Waals surface area contributed by atoms with Gasteiger partial charge in [0.25, 0.3) is 0 Å². The zero-order chi connectivity index (χ0) is 14.2. The predicted molar refractivity (Wildman–Crippen MR) is 64.4 cm³/mol. The molecule has 0 fully saturated rings. The normalized spacial score (nSPS) is 13.8. The van der Waals surface area contributed by atoms with Gasteiger partial charge >= 0.3 is 13.8 Å². The second-order valence-corrected chi connectivity index (χ2v) is 5.87. The zero-order valence-corrected chi connectivity index (χ0v) is 12.0. The van der Waals surface area contributed by atoms with E-state index in [4.69, 9.17) is 14.4 Å². The van der Waals surface area contributed by atoms with Gasteiger partial charge in [-0.05, 0) is 12.3 Å². The van der Waals surface area contributed by atoms with Crippen LogP contribution < -0.4 is 0 Å². The summed E-state index contributed by atoms with van der Waals surface area (Å²) in [6.45, 7) is 3.90. The Morgan fingerprint density at radius 1 is 1.28 bits per heavy atom. The van der Waals surface area contributed by atoms with E-state index in [0.717, 1.165) is 20.6 Å². The molecule has 7 nitrogen and oxygen atoms in total. The monoisotopic (exact) mass is 284 g/mol. The topological polar surface area (TPSA) is 91.3 Å². The molecule has 0 spiro atoms. The average molecular weight is 284 g/mol. The van der Waals surface area contributed by atoms with E-state index in [1.807, 2.05) is 13.8 Å². The number of rotatable bonds is 10. The van der Waals surface area contributed by atoms with Crippen molar-refractivity contribution in [3.05, 3.63) is 0 Å². The van der Waals surface area contributed by atoms with Gasteiger partial charge in [0, 0.05) is 20.8 Å². The number of aliphatic carboxylic acids is 1. The lowest BCUT2D eigenvalue weighted by Gasteiger charge is -2.18. The number of carboxylic acid groups (broad SMARTS) is 1. The highest BCUT2D eigenvalue weighted by molar-refractivity contribution is 7.48. The Morgan fingerprint density at radius 2 is 1.83 bits per heavy atom. The minimum absolute atomic E-state index is 0.294. The van der Waals surface area contributed by atoms with Crippen LogP contribution in [0.1, 0.15) is 20.3 Å². The second-order valence-electron chi connectivity index (χ2n) is 3.99. The van der Waals surface area contributed by atoms with E-state index in [0.29, 0.717) is 12.5 Å². The Labute approximate surface area is 107 Å². The Morgan fingerprint density at radius 3 is 2.22 bits per heavy atom. The molecule has 8 heteroatoms. The second kappa shape index (κ2) is 8.61. The molecule has 0 radical (unpaired) electrons. The number of phosphoric ester groups is 1. The van der Waals surface area contributed by atoms with Crippen molar-refractivity contribution in [1.82, 2.24) is 0 Å². The molecule has 0 rings (SSSR count). The molecule has 0 saturated heterocycles. The maximum atomic E-state index is 11.5. The maximum absolute atomic E-state index is 11.5. The Kier molecular flexibility index (Phi) is 8.39. The Bertz CT molecular complexity index is 284. The summed E-state index contributed by atoms with van der Waals surface area (Å²) in [6, 6.07) is 0. The largest absolute Gasteiger partial charge is 0.479 e. The molecule has 18 heavy (non-hydrogen) atoms. The van der Waals surface area contributed by atoms with Gasteiger partial charge in [-0.1, -0.05) is 13.8 Å². The van der Waals surface area contributed by atoms with Crippen molar-refractivity contribution in [1.29, 1.82) is 0 Å². The van der Waals surface area contributed by atoms with Gasteiger partial charge in [-0.3, -0.25) is 13.6 Å². The van der Waals surface area contributed by atoms with Gasteiger partial charge in [0.15, 0.2) is 6.10 Å². The summed E-state index contributed by atoms with van der Waals surface area (Å²) in [6.07, 6.45) is -0.460. The highest BCUT2D eigenvalue weighted by Crippen LogP contribution is 2.47. The van der Waals surface area contributed by atoms with Gasteiger partial charge in [0.1, 0.15) is 0 Å². The number of hydrogen-bond donors (Lipinski definition) is 1. The fourth-order valence-corrected chi connectivity index (χ4v) is 1.65. The smallest absolute Gasteiger partial charge is 0.474 e. The van der Waals surface area contributed by atoms with Crippen LogP contribution in [0.15, 0.2) is 0 Å². The Hall–Kier alpha value is -0.460. The Balaban J connectivity index is 4.20. The lowest BCUT2D eigenvalue weighted by Crippen LogP contribution is -2.29. The molecule has 1 N–H and O–H groups in total. The summed E-state index contributed by atoms with van der Waals surface area (Å²) in [4.78, 5) is 10.9. The van der Waals surface area contributed by atoms with E-state index in [1.165, 1.54) is 0 Å². The molecule has 0 aliphatic heterocycles. The van der Waals surface area contributed by atoms with Gasteiger partial charge in [-0.25, -0.2) is 9.36 Å². The van der Waals surface area contributed by atoms with Gasteiger partial charge in [-0.2, -0.15) is 0 Å². The minimum Gasteiger partial charge on any atom is -0.479 e. The van der Waals surface area contributed by atoms with Crippen molar-refractivity contribution in [2.75, 3.05) is 27.4 Å². The molecule has 0 aromatic carbocycles. The number of carboxylic acids is 1. The third-order valence-corrected chi connectivity index (χ3v) is 3.48. The fourth-order valence-electron chi connectivity index (χ4n) is 0.976. The van der Waals surface area contributed by atoms with Gasteiger partial charge in [0.2, 0.25) is 0 Å². The lowest BCUT2D eigenvalue weighted by atomic mass is 10.1. The molecule has 0 aliphatic rings. The first-order chi connectivity index (χ1) is 8.34. The van der Waals surface area contributed by atoms with Crippen LogP contribution in [0.2, 0.25) is 0 Å². The maximum Gasteiger partial charge on any atom is 0.474 e. The third kappa shape index (κ3) is 7.08. The van der Waals surface area contributed by atoms with Gasteiger partial charge < -0.3 is 9.84 Å². The van der Waals surface area contributed by atoms with Crippen molar-refractivity contribution in [2.24, 2.45) is 5.92 Å². The van der Waals surface area contributed by atoms with E-state index in [-0.39, 0.29) is 0 Å². The zero-order valence-electron chi connectivity index (χ0n) is 11.1. The first kappa shape index (κ1) is 17.5. The highest BCUT2D eigenvalue weighted by atomic mass is 31.2. The summed E-state index contributed by atoms with van der Waals surface area (Å²) in [7, 11) is -1.36. The van der Waals surface area contributed by atoms with E-state index in [9.17, 15) is 9.36 Å². The molecule has 1 atom stereocenters. The van der Waals surface area contributed by atoms with E-state index in [1.54, 1.807) is 0 Å². The number of hydrogen-bond acceptors (Lipinski definition) is 6. The summed E-state index contributed by atoms with van der Waals surface area (Å²) in [5, 5.41) is 8.90. The number of ether oxygens (including phenoxy) is 1. The SMILES string of the molecule is COP(=O)(OC)OC[C@@H](OCCC(C)C)C(=O)O. The van der Waals surface area contributed by atoms with Crippen molar-refractivity contribution in [2.45, 2.75) is 26.4 Å². The van der Waals surface area contributed by atoms with Crippen LogP contribution in [0.3, 0.4) is 0 Å². The van der Waals surface area contributed by atoms with Crippen LogP contribution in [-0.2, 0) is 27.7 Å². The summed E-state index contributed by atoms with van der Waals surface area (Å²) in [5.74, 6) is -0.776. The van der Waals surface area contributed by atoms with Gasteiger partial charge in [0.05, 0.1) is 6.61 Å². The summed E-state index contributed by atoms with van der Waals surface area (Å²) >= 11 is 0. The molecule has 0 aliphatic carbocycles. The number of phosphoric acid groups is 1. The van der Waals surface area contributed by atoms with Crippen LogP contribution in [-0.4, -0.2) is 44.6 Å². The van der Waals surface area contributed by atoms with Gasteiger partial charge in [-0.15, -0.1) is 0 Å².